The molecule has 3 saturated heterocycles. The molecule has 3 fully saturated rings. The van der Waals surface area contributed by atoms with Crippen LogP contribution in [0.5, 0.6) is 11.5 Å². The number of unbranched alkanes of at least 4 members (excludes halogenated alkanes) is 1. The highest BCUT2D eigenvalue weighted by molar-refractivity contribution is 5.87. The SMILES string of the molecule is CC(C)(Oc1cccc(C(NC(=O)O[C@H]2CN3CCC2CC3)c2ccccc2)c1)C(=O)OCCCCNC[C@@H](O)c1ccc(O)c2[nH]c(=O)ccc12. The van der Waals surface area contributed by atoms with Crippen LogP contribution in [0, 0.1) is 5.92 Å². The Morgan fingerprint density at radius 3 is 2.50 bits per heavy atom. The second-order valence-corrected chi connectivity index (χ2v) is 14.1. The van der Waals surface area contributed by atoms with Gasteiger partial charge in [-0.25, -0.2) is 9.59 Å². The number of aromatic hydroxyl groups is 1. The van der Waals surface area contributed by atoms with Gasteiger partial charge in [0.25, 0.3) is 0 Å². The highest BCUT2D eigenvalue weighted by Crippen LogP contribution is 2.32. The van der Waals surface area contributed by atoms with Crippen molar-refractivity contribution < 1.29 is 34.0 Å². The number of H-pyrrole nitrogens is 1. The van der Waals surface area contributed by atoms with E-state index in [1.165, 1.54) is 12.1 Å². The van der Waals surface area contributed by atoms with E-state index in [0.29, 0.717) is 42.0 Å². The van der Waals surface area contributed by atoms with E-state index in [0.717, 1.165) is 43.6 Å². The van der Waals surface area contributed by atoms with Crippen molar-refractivity contribution in [3.05, 3.63) is 106 Å². The topological polar surface area (TPSA) is 162 Å². The van der Waals surface area contributed by atoms with Gasteiger partial charge in [0, 0.05) is 24.5 Å². The number of esters is 1. The average molecular weight is 713 g/mol. The fraction of sp³-hybridized carbons (Fsp3) is 0.425. The Bertz CT molecular complexity index is 1890. The number of hydrogen-bond acceptors (Lipinski definition) is 10. The highest BCUT2D eigenvalue weighted by atomic mass is 16.6. The predicted octanol–water partition coefficient (Wildman–Crippen LogP) is 4.95. The van der Waals surface area contributed by atoms with Gasteiger partial charge in [-0.05, 0) is 106 Å². The molecule has 3 aliphatic heterocycles. The fourth-order valence-electron chi connectivity index (χ4n) is 7.02. The Morgan fingerprint density at radius 2 is 1.75 bits per heavy atom. The van der Waals surface area contributed by atoms with Gasteiger partial charge < -0.3 is 40.0 Å². The Balaban J connectivity index is 0.972. The van der Waals surface area contributed by atoms with Crippen LogP contribution in [0.1, 0.15) is 68.4 Å². The summed E-state index contributed by atoms with van der Waals surface area (Å²) in [6.45, 7) is 7.26. The van der Waals surface area contributed by atoms with E-state index in [-0.39, 0.29) is 36.1 Å². The van der Waals surface area contributed by atoms with Crippen molar-refractivity contribution in [2.24, 2.45) is 5.92 Å². The maximum Gasteiger partial charge on any atom is 0.408 e. The number of pyridine rings is 1. The number of alkyl carbamates (subject to hydrolysis) is 1. The number of rotatable bonds is 15. The van der Waals surface area contributed by atoms with Crippen LogP contribution in [-0.4, -0.2) is 83.2 Å². The third kappa shape index (κ3) is 9.11. The number of phenols is 1. The van der Waals surface area contributed by atoms with E-state index in [4.69, 9.17) is 14.2 Å². The lowest BCUT2D eigenvalue weighted by Gasteiger charge is -2.43. The van der Waals surface area contributed by atoms with Crippen LogP contribution in [0.2, 0.25) is 0 Å². The smallest absolute Gasteiger partial charge is 0.408 e. The summed E-state index contributed by atoms with van der Waals surface area (Å²) in [7, 11) is 0. The molecule has 12 heteroatoms. The van der Waals surface area contributed by atoms with Gasteiger partial charge in [0.05, 0.1) is 24.3 Å². The molecule has 0 saturated carbocycles. The summed E-state index contributed by atoms with van der Waals surface area (Å²) in [5, 5.41) is 27.7. The monoisotopic (exact) mass is 712 g/mol. The number of aliphatic hydroxyl groups is 1. The lowest BCUT2D eigenvalue weighted by atomic mass is 9.86. The van der Waals surface area contributed by atoms with Crippen molar-refractivity contribution in [2.45, 2.75) is 63.4 Å². The molecule has 1 amide bonds. The number of aromatic amines is 1. The first-order valence-electron chi connectivity index (χ1n) is 18.0. The molecule has 1 unspecified atom stereocenters. The lowest BCUT2D eigenvalue weighted by molar-refractivity contribution is -0.159. The maximum absolute atomic E-state index is 13.2. The Morgan fingerprint density at radius 1 is 0.981 bits per heavy atom. The summed E-state index contributed by atoms with van der Waals surface area (Å²) in [4.78, 5) is 42.9. The Kier molecular flexibility index (Phi) is 11.8. The molecule has 52 heavy (non-hydrogen) atoms. The van der Waals surface area contributed by atoms with Crippen LogP contribution in [0.3, 0.4) is 0 Å². The van der Waals surface area contributed by atoms with Gasteiger partial charge in [0.1, 0.15) is 17.6 Å². The number of hydrogen-bond donors (Lipinski definition) is 5. The lowest BCUT2D eigenvalue weighted by Crippen LogP contribution is -2.52. The van der Waals surface area contributed by atoms with Gasteiger partial charge in [-0.2, -0.15) is 0 Å². The number of fused-ring (bicyclic) bond motifs is 4. The van der Waals surface area contributed by atoms with Crippen molar-refractivity contribution in [2.75, 3.05) is 39.3 Å². The largest absolute Gasteiger partial charge is 0.506 e. The number of benzene rings is 3. The molecule has 4 heterocycles. The zero-order valence-electron chi connectivity index (χ0n) is 29.7. The summed E-state index contributed by atoms with van der Waals surface area (Å²) in [5.41, 5.74) is 0.937. The molecule has 5 N–H and O–H groups in total. The molecule has 3 atom stereocenters. The zero-order valence-corrected chi connectivity index (χ0v) is 29.7. The van der Waals surface area contributed by atoms with Crippen molar-refractivity contribution >= 4 is 23.0 Å². The third-order valence-electron chi connectivity index (χ3n) is 9.89. The molecular formula is C40H48N4O8. The summed E-state index contributed by atoms with van der Waals surface area (Å²) >= 11 is 0. The van der Waals surface area contributed by atoms with Crippen molar-refractivity contribution in [1.82, 2.24) is 20.5 Å². The molecule has 0 radical (unpaired) electrons. The molecule has 4 aromatic rings. The van der Waals surface area contributed by atoms with E-state index >= 15 is 0 Å². The molecule has 12 nitrogen and oxygen atoms in total. The van der Waals surface area contributed by atoms with Gasteiger partial charge in [0.15, 0.2) is 5.60 Å². The second kappa shape index (κ2) is 16.6. The van der Waals surface area contributed by atoms with Crippen molar-refractivity contribution in [3.8, 4) is 11.5 Å². The normalized spacial score (nSPS) is 19.5. The predicted molar refractivity (Wildman–Crippen MR) is 196 cm³/mol. The van der Waals surface area contributed by atoms with E-state index < -0.39 is 29.8 Å². The summed E-state index contributed by atoms with van der Waals surface area (Å²) in [6, 6.07) is 22.5. The summed E-state index contributed by atoms with van der Waals surface area (Å²) in [6.07, 6.45) is 1.97. The molecule has 1 aromatic heterocycles. The van der Waals surface area contributed by atoms with E-state index in [2.05, 4.69) is 20.5 Å². The number of nitrogens with one attached hydrogen (secondary N) is 3. The van der Waals surface area contributed by atoms with Crippen molar-refractivity contribution in [1.29, 1.82) is 0 Å². The Hall–Kier alpha value is -4.91. The number of nitrogens with zero attached hydrogens (tertiary/aromatic N) is 1. The van der Waals surface area contributed by atoms with Gasteiger partial charge >= 0.3 is 12.1 Å². The minimum absolute atomic E-state index is 0.0595. The standard InChI is InChI=1S/C40H48N4O8/c1-40(2,38(48)50-22-7-6-19-41-24-33(46)30-13-15-32(45)37-31(30)14-16-35(47)42-37)52-29-12-8-11-28(23-29)36(27-9-4-3-5-10-27)43-39(49)51-34-25-44-20-17-26(34)18-21-44/h3-5,8-16,23,26,33-34,36,41,45-46H,6-7,17-22,24-25H2,1-2H3,(H,42,47)(H,43,49)/t33-,34+,36?/m1/s1. The molecule has 276 valence electrons. The van der Waals surface area contributed by atoms with Gasteiger partial charge in [-0.1, -0.05) is 48.5 Å². The first-order chi connectivity index (χ1) is 25.1. The van der Waals surface area contributed by atoms with Gasteiger partial charge in [0.2, 0.25) is 5.56 Å². The van der Waals surface area contributed by atoms with E-state index in [1.54, 1.807) is 32.0 Å². The third-order valence-corrected chi connectivity index (χ3v) is 9.89. The first kappa shape index (κ1) is 36.9. The van der Waals surface area contributed by atoms with E-state index in [9.17, 15) is 24.6 Å². The number of carbonyl (C=O) groups is 2. The van der Waals surface area contributed by atoms with Gasteiger partial charge in [-0.15, -0.1) is 0 Å². The van der Waals surface area contributed by atoms with Crippen LogP contribution in [0.15, 0.2) is 83.7 Å². The maximum atomic E-state index is 13.2. The first-order valence-corrected chi connectivity index (χ1v) is 18.0. The zero-order chi connectivity index (χ0) is 36.7. The van der Waals surface area contributed by atoms with Crippen LogP contribution in [0.25, 0.3) is 10.9 Å². The van der Waals surface area contributed by atoms with Crippen LogP contribution >= 0.6 is 0 Å². The molecule has 3 aliphatic rings. The number of amides is 1. The molecule has 0 aliphatic carbocycles. The van der Waals surface area contributed by atoms with Crippen LogP contribution in [-0.2, 0) is 14.3 Å². The van der Waals surface area contributed by atoms with Crippen molar-refractivity contribution in [3.63, 3.8) is 0 Å². The average Bonchev–Trinajstić information content (AvgIpc) is 3.14. The fourth-order valence-corrected chi connectivity index (χ4v) is 7.02. The van der Waals surface area contributed by atoms with Gasteiger partial charge in [-0.3, -0.25) is 9.69 Å². The number of aromatic nitrogens is 1. The number of carbonyl (C=O) groups excluding carboxylic acids is 2. The van der Waals surface area contributed by atoms with E-state index in [1.807, 2.05) is 48.5 Å². The van der Waals surface area contributed by atoms with Crippen LogP contribution in [0.4, 0.5) is 4.79 Å². The Labute approximate surface area is 303 Å². The minimum Gasteiger partial charge on any atom is -0.506 e. The molecule has 0 spiro atoms. The number of phenolic OH excluding ortho intramolecular Hbond substituents is 1. The number of ether oxygens (including phenoxy) is 3. The molecule has 3 aromatic carbocycles. The summed E-state index contributed by atoms with van der Waals surface area (Å²) in [5.74, 6) is 0.298. The quantitative estimate of drug-likeness (QED) is 0.0843. The second-order valence-electron chi connectivity index (χ2n) is 14.1. The minimum atomic E-state index is -1.28. The number of piperidine rings is 3. The highest BCUT2D eigenvalue weighted by Gasteiger charge is 2.37. The molecule has 2 bridgehead atoms. The van der Waals surface area contributed by atoms with Crippen LogP contribution < -0.4 is 20.9 Å². The molecule has 7 rings (SSSR count). The molecular weight excluding hydrogens is 664 g/mol. The summed E-state index contributed by atoms with van der Waals surface area (Å²) < 4.78 is 17.7. The number of aliphatic hydroxyl groups excluding tert-OH is 1.